The highest BCUT2D eigenvalue weighted by molar-refractivity contribution is 6.33. The van der Waals surface area contributed by atoms with E-state index in [1.807, 2.05) is 0 Å². The normalized spacial score (nSPS) is 10.6. The summed E-state index contributed by atoms with van der Waals surface area (Å²) in [5.41, 5.74) is 6.01. The molecule has 19 heavy (non-hydrogen) atoms. The van der Waals surface area contributed by atoms with Crippen LogP contribution in [0.5, 0.6) is 0 Å². The summed E-state index contributed by atoms with van der Waals surface area (Å²) in [6.07, 6.45) is 1.37. The van der Waals surface area contributed by atoms with Gasteiger partial charge in [0.2, 0.25) is 0 Å². The van der Waals surface area contributed by atoms with E-state index in [9.17, 15) is 4.79 Å². The van der Waals surface area contributed by atoms with E-state index in [-0.39, 0.29) is 10.6 Å². The molecule has 0 saturated carbocycles. The molecule has 7 nitrogen and oxygen atoms in total. The van der Waals surface area contributed by atoms with Crippen molar-refractivity contribution in [3.8, 4) is 5.69 Å². The maximum absolute atomic E-state index is 11.0. The number of tetrazole rings is 1. The largest absolute Gasteiger partial charge is 0.478 e. The molecule has 1 aromatic heterocycles. The van der Waals surface area contributed by atoms with Gasteiger partial charge in [-0.05, 0) is 41.6 Å². The second-order valence-electron chi connectivity index (χ2n) is 3.87. The Labute approximate surface area is 114 Å². The monoisotopic (exact) mass is 281 g/mol. The molecule has 0 fully saturated rings. The lowest BCUT2D eigenvalue weighted by Gasteiger charge is -2.06. The summed E-state index contributed by atoms with van der Waals surface area (Å²) < 4.78 is 1.48. The fourth-order valence-corrected chi connectivity index (χ4v) is 1.83. The van der Waals surface area contributed by atoms with E-state index < -0.39 is 5.97 Å². The minimum atomic E-state index is -1.09. The highest BCUT2D eigenvalue weighted by atomic mass is 35.5. The van der Waals surface area contributed by atoms with Gasteiger partial charge >= 0.3 is 5.97 Å². The summed E-state index contributed by atoms with van der Waals surface area (Å²) in [7, 11) is 0. The summed E-state index contributed by atoms with van der Waals surface area (Å²) in [4.78, 5) is 11.0. The number of carboxylic acids is 1. The number of aromatic nitrogens is 4. The van der Waals surface area contributed by atoms with Crippen LogP contribution in [0, 0.1) is 0 Å². The Morgan fingerprint density at radius 1 is 1.47 bits per heavy atom. The molecule has 100 valence electrons. The third-order valence-electron chi connectivity index (χ3n) is 2.56. The Morgan fingerprint density at radius 2 is 2.26 bits per heavy atom. The van der Waals surface area contributed by atoms with Crippen molar-refractivity contribution in [3.05, 3.63) is 34.6 Å². The Morgan fingerprint density at radius 3 is 2.95 bits per heavy atom. The first-order valence-electron chi connectivity index (χ1n) is 5.64. The zero-order valence-corrected chi connectivity index (χ0v) is 10.7. The van der Waals surface area contributed by atoms with Gasteiger partial charge in [0.05, 0.1) is 16.3 Å². The number of nitrogens with zero attached hydrogens (tertiary/aromatic N) is 4. The molecule has 0 saturated heterocycles. The molecule has 0 unspecified atom stereocenters. The first-order chi connectivity index (χ1) is 9.13. The van der Waals surface area contributed by atoms with Crippen LogP contribution in [0.15, 0.2) is 18.2 Å². The van der Waals surface area contributed by atoms with Crippen LogP contribution in [-0.2, 0) is 6.42 Å². The van der Waals surface area contributed by atoms with Gasteiger partial charge in [0.1, 0.15) is 0 Å². The molecular formula is C11H12ClN5O2. The number of benzene rings is 1. The first kappa shape index (κ1) is 13.4. The number of hydrogen-bond acceptors (Lipinski definition) is 5. The molecule has 0 aliphatic carbocycles. The topological polar surface area (TPSA) is 107 Å². The fraction of sp³-hybridized carbons (Fsp3) is 0.273. The zero-order chi connectivity index (χ0) is 13.8. The van der Waals surface area contributed by atoms with Crippen molar-refractivity contribution >= 4 is 17.6 Å². The predicted molar refractivity (Wildman–Crippen MR) is 68.5 cm³/mol. The van der Waals surface area contributed by atoms with Crippen molar-refractivity contribution in [2.75, 3.05) is 6.54 Å². The van der Waals surface area contributed by atoms with E-state index >= 15 is 0 Å². The Bertz CT molecular complexity index is 599. The second-order valence-corrected chi connectivity index (χ2v) is 4.28. The molecule has 1 aromatic carbocycles. The summed E-state index contributed by atoms with van der Waals surface area (Å²) in [5, 5.41) is 20.5. The van der Waals surface area contributed by atoms with Crippen LogP contribution < -0.4 is 5.73 Å². The number of nitrogens with two attached hydrogens (primary N) is 1. The number of halogens is 1. The van der Waals surface area contributed by atoms with Crippen LogP contribution >= 0.6 is 11.6 Å². The number of rotatable bonds is 5. The molecule has 8 heteroatoms. The predicted octanol–water partition coefficient (Wildman–Crippen LogP) is 0.905. The Kier molecular flexibility index (Phi) is 4.08. The van der Waals surface area contributed by atoms with Crippen molar-refractivity contribution in [2.45, 2.75) is 12.8 Å². The maximum atomic E-state index is 11.0. The highest BCUT2D eigenvalue weighted by Crippen LogP contribution is 2.20. The third kappa shape index (κ3) is 2.88. The molecular weight excluding hydrogens is 270 g/mol. The number of carbonyl (C=O) groups is 1. The SMILES string of the molecule is NCCCc1nnnn1-c1ccc(Cl)c(C(=O)O)c1. The highest BCUT2D eigenvalue weighted by Gasteiger charge is 2.13. The van der Waals surface area contributed by atoms with E-state index in [0.29, 0.717) is 24.5 Å². The van der Waals surface area contributed by atoms with E-state index in [0.717, 1.165) is 6.42 Å². The molecule has 0 atom stereocenters. The lowest BCUT2D eigenvalue weighted by molar-refractivity contribution is 0.0697. The van der Waals surface area contributed by atoms with Gasteiger partial charge in [-0.25, -0.2) is 4.79 Å². The standard InChI is InChI=1S/C11H12ClN5O2/c12-9-4-3-7(6-8(9)11(18)19)17-10(2-1-5-13)14-15-16-17/h3-4,6H,1-2,5,13H2,(H,18,19). The molecule has 3 N–H and O–H groups in total. The number of aryl methyl sites for hydroxylation is 1. The van der Waals surface area contributed by atoms with Gasteiger partial charge < -0.3 is 10.8 Å². The van der Waals surface area contributed by atoms with Crippen LogP contribution in [-0.4, -0.2) is 37.8 Å². The summed E-state index contributed by atoms with van der Waals surface area (Å²) in [6.45, 7) is 0.536. The van der Waals surface area contributed by atoms with E-state index in [1.54, 1.807) is 6.07 Å². The molecule has 0 aliphatic heterocycles. The van der Waals surface area contributed by atoms with Crippen LogP contribution in [0.3, 0.4) is 0 Å². The minimum Gasteiger partial charge on any atom is -0.478 e. The lowest BCUT2D eigenvalue weighted by Crippen LogP contribution is -2.08. The van der Waals surface area contributed by atoms with Gasteiger partial charge in [-0.2, -0.15) is 4.68 Å². The lowest BCUT2D eigenvalue weighted by atomic mass is 10.2. The summed E-state index contributed by atoms with van der Waals surface area (Å²) in [6, 6.07) is 4.61. The van der Waals surface area contributed by atoms with Gasteiger partial charge in [-0.3, -0.25) is 0 Å². The van der Waals surface area contributed by atoms with Crippen LogP contribution in [0.4, 0.5) is 0 Å². The average molecular weight is 282 g/mol. The van der Waals surface area contributed by atoms with Crippen molar-refractivity contribution in [3.63, 3.8) is 0 Å². The van der Waals surface area contributed by atoms with Crippen LogP contribution in [0.1, 0.15) is 22.6 Å². The molecule has 0 radical (unpaired) electrons. The Hall–Kier alpha value is -1.99. The quantitative estimate of drug-likeness (QED) is 0.843. The third-order valence-corrected chi connectivity index (χ3v) is 2.89. The molecule has 2 rings (SSSR count). The molecule has 0 amide bonds. The summed E-state index contributed by atoms with van der Waals surface area (Å²) in [5.74, 6) is -0.465. The van der Waals surface area contributed by atoms with E-state index in [4.69, 9.17) is 22.4 Å². The number of carboxylic acid groups (broad SMARTS) is 1. The van der Waals surface area contributed by atoms with Gasteiger partial charge in [0.25, 0.3) is 0 Å². The maximum Gasteiger partial charge on any atom is 0.337 e. The van der Waals surface area contributed by atoms with Gasteiger partial charge in [-0.15, -0.1) is 5.10 Å². The minimum absolute atomic E-state index is 0.0134. The van der Waals surface area contributed by atoms with Crippen LogP contribution in [0.2, 0.25) is 5.02 Å². The smallest absolute Gasteiger partial charge is 0.337 e. The van der Waals surface area contributed by atoms with Crippen molar-refractivity contribution in [1.29, 1.82) is 0 Å². The van der Waals surface area contributed by atoms with E-state index in [2.05, 4.69) is 15.5 Å². The number of hydrogen-bond donors (Lipinski definition) is 2. The molecule has 0 aliphatic rings. The zero-order valence-electron chi connectivity index (χ0n) is 9.95. The van der Waals surface area contributed by atoms with Gasteiger partial charge in [0.15, 0.2) is 5.82 Å². The Balaban J connectivity index is 2.39. The van der Waals surface area contributed by atoms with Crippen LogP contribution in [0.25, 0.3) is 5.69 Å². The van der Waals surface area contributed by atoms with Crippen molar-refractivity contribution in [1.82, 2.24) is 20.2 Å². The second kappa shape index (κ2) is 5.77. The molecule has 0 bridgehead atoms. The van der Waals surface area contributed by atoms with Gasteiger partial charge in [-0.1, -0.05) is 11.6 Å². The molecule has 1 heterocycles. The van der Waals surface area contributed by atoms with E-state index in [1.165, 1.54) is 16.8 Å². The van der Waals surface area contributed by atoms with Crippen molar-refractivity contribution < 1.29 is 9.90 Å². The molecule has 2 aromatic rings. The first-order valence-corrected chi connectivity index (χ1v) is 6.02. The van der Waals surface area contributed by atoms with Crippen molar-refractivity contribution in [2.24, 2.45) is 5.73 Å². The van der Waals surface area contributed by atoms with Gasteiger partial charge in [0, 0.05) is 6.42 Å². The average Bonchev–Trinajstić information content (AvgIpc) is 2.85. The molecule has 0 spiro atoms. The number of aromatic carboxylic acids is 1. The fourth-order valence-electron chi connectivity index (χ4n) is 1.63. The summed E-state index contributed by atoms with van der Waals surface area (Å²) >= 11 is 5.82.